The second kappa shape index (κ2) is 88.0. The van der Waals surface area contributed by atoms with Gasteiger partial charge in [0.1, 0.15) is 18.2 Å². The lowest BCUT2D eigenvalue weighted by atomic mass is 9.84. The highest BCUT2D eigenvalue weighted by molar-refractivity contribution is 5.79. The number of azide groups is 3. The van der Waals surface area contributed by atoms with Crippen molar-refractivity contribution in [2.75, 3.05) is 172 Å². The molecule has 0 aliphatic carbocycles. The number of hydrogen-bond acceptors (Lipinski definition) is 32. The van der Waals surface area contributed by atoms with Crippen LogP contribution in [0.3, 0.4) is 0 Å². The number of nitrogens with two attached hydrogens (primary N) is 1. The van der Waals surface area contributed by atoms with E-state index in [9.17, 15) is 47.9 Å². The first-order valence-electron chi connectivity index (χ1n) is 37.2. The van der Waals surface area contributed by atoms with E-state index < -0.39 is 34.3 Å². The van der Waals surface area contributed by atoms with Crippen molar-refractivity contribution in [2.45, 2.75) is 201 Å². The molecule has 0 aromatic carbocycles. The number of esters is 4. The average molecular weight is 1610 g/mol. The minimum absolute atomic E-state index is 0.00200. The number of hydrogen-bond donors (Lipinski definition) is 4. The van der Waals surface area contributed by atoms with E-state index in [1.807, 2.05) is 0 Å². The van der Waals surface area contributed by atoms with Gasteiger partial charge in [0, 0.05) is 90.5 Å². The molecule has 644 valence electrons. The third-order valence-electron chi connectivity index (χ3n) is 14.2. The molecule has 0 radical (unpaired) electrons. The zero-order valence-corrected chi connectivity index (χ0v) is 66.3. The molecule has 0 aromatic heterocycles. The number of unbranched alkanes of at least 4 members (excludes halogenated alkanes) is 8. The first-order valence-corrected chi connectivity index (χ1v) is 37.2. The molecule has 0 fully saturated rings. The molecule has 0 rings (SSSR count). The van der Waals surface area contributed by atoms with Crippen LogP contribution in [-0.2, 0) is 133 Å². The average Bonchev–Trinajstić information content (AvgIpc) is 0.862. The van der Waals surface area contributed by atoms with Gasteiger partial charge in [-0.2, -0.15) is 19.2 Å². The monoisotopic (exact) mass is 1610 g/mol. The number of aliphatic carboxylic acids is 3. The van der Waals surface area contributed by atoms with Gasteiger partial charge in [-0.25, -0.2) is 0 Å². The molecule has 5 N–H and O–H groups in total. The van der Waals surface area contributed by atoms with Gasteiger partial charge in [-0.1, -0.05) is 61.3 Å². The molecule has 41 nitrogen and oxygen atoms in total. The van der Waals surface area contributed by atoms with Crippen LogP contribution in [0.25, 0.3) is 31.3 Å². The molecule has 0 aromatic rings. The van der Waals surface area contributed by atoms with Gasteiger partial charge in [-0.15, -0.1) is 0 Å². The van der Waals surface area contributed by atoms with Gasteiger partial charge in [0.15, 0.2) is 0 Å². The van der Waals surface area contributed by atoms with Gasteiger partial charge in [-0.05, 0) is 95.7 Å². The van der Waals surface area contributed by atoms with Crippen molar-refractivity contribution in [3.05, 3.63) is 31.3 Å². The van der Waals surface area contributed by atoms with Crippen LogP contribution in [0.4, 0.5) is 0 Å². The van der Waals surface area contributed by atoms with Gasteiger partial charge >= 0.3 is 54.1 Å². The number of Topliss-reactive ketones (excluding diaryl/α,β-unsaturated/α-hetero) is 2. The van der Waals surface area contributed by atoms with Crippen molar-refractivity contribution >= 4 is 72.1 Å². The number of rotatable bonds is 72. The number of carbonyl (C=O) groups is 10. The van der Waals surface area contributed by atoms with Crippen molar-refractivity contribution in [1.29, 1.82) is 0 Å². The highest BCUT2D eigenvalue weighted by atomic mass is 16.6. The fourth-order valence-electron chi connectivity index (χ4n) is 8.91. The molecule has 0 spiro atoms. The van der Waals surface area contributed by atoms with Crippen LogP contribution in [-0.4, -0.2) is 265 Å². The van der Waals surface area contributed by atoms with E-state index in [1.54, 1.807) is 27.7 Å². The standard InChI is InChI=1S/C25H45N3O8.C20H33N3O10.C18H35NO7.C6H11N3O2.2CO2/c1-4-7-15-32-19-25(20-33-16-12-23(30)35-5-2,21-34-17-13-24(31)36-6-3)18-22(29)11-9-8-10-14-27-28-26;21-23-22-7-3-1-2-4-17(25)12-20(13-30-8-5-18(26)27,14-31-9-6-19(28)29)15-32-10-11-33-16-24;1-4-7-10-22-13-18(19,14-23-11-8-16(20)25-5-2)15-24-12-9-17(21)26-6-3;7-9-8-5-3-1-2-4-6(10)11;2*2-1-3/h4-21H2,1-3H3;16H,1-15H2,(H,26,27)(H,28,29);4-15,19H2,1-3H3;1-5H2,(H,10,11);;. The summed E-state index contributed by atoms with van der Waals surface area (Å²) in [4.78, 5) is 154. The van der Waals surface area contributed by atoms with Crippen LogP contribution in [0.15, 0.2) is 15.3 Å². The summed E-state index contributed by atoms with van der Waals surface area (Å²) >= 11 is 0. The molecule has 41 heteroatoms. The van der Waals surface area contributed by atoms with Crippen LogP contribution in [0.5, 0.6) is 0 Å². The molecule has 0 bridgehead atoms. The van der Waals surface area contributed by atoms with E-state index in [-0.39, 0.29) is 231 Å². The fourth-order valence-corrected chi connectivity index (χ4v) is 8.91. The van der Waals surface area contributed by atoms with Gasteiger partial charge in [0.05, 0.1) is 176 Å². The Morgan fingerprint density at radius 3 is 0.884 bits per heavy atom. The second-order valence-electron chi connectivity index (χ2n) is 24.3. The molecule has 0 amide bonds. The number of carboxylic acids is 3. The predicted molar refractivity (Wildman–Crippen MR) is 395 cm³/mol. The molecular weight excluding hydrogens is 1490 g/mol. The van der Waals surface area contributed by atoms with Crippen molar-refractivity contribution in [2.24, 2.45) is 31.9 Å². The van der Waals surface area contributed by atoms with E-state index in [4.69, 9.17) is 118 Å². The van der Waals surface area contributed by atoms with Crippen LogP contribution < -0.4 is 5.73 Å². The van der Waals surface area contributed by atoms with Crippen molar-refractivity contribution in [1.82, 2.24) is 0 Å². The maximum absolute atomic E-state index is 12.9. The Kier molecular flexibility index (Phi) is 89.8. The van der Waals surface area contributed by atoms with Crippen LogP contribution >= 0.6 is 0 Å². The third-order valence-corrected chi connectivity index (χ3v) is 14.2. The first kappa shape index (κ1) is 114. The van der Waals surface area contributed by atoms with Gasteiger partial charge in [0.2, 0.25) is 0 Å². The van der Waals surface area contributed by atoms with Crippen LogP contribution in [0.2, 0.25) is 0 Å². The zero-order valence-electron chi connectivity index (χ0n) is 66.3. The largest absolute Gasteiger partial charge is 0.481 e. The van der Waals surface area contributed by atoms with E-state index in [0.717, 1.165) is 51.4 Å². The lowest BCUT2D eigenvalue weighted by molar-refractivity contribution is -0.193. The first-order chi connectivity index (χ1) is 53.8. The van der Waals surface area contributed by atoms with Crippen molar-refractivity contribution in [3.63, 3.8) is 0 Å². The fraction of sp³-hybridized carbons (Fsp3) is 0.831. The van der Waals surface area contributed by atoms with E-state index in [2.05, 4.69) is 48.7 Å². The summed E-state index contributed by atoms with van der Waals surface area (Å²) in [6, 6.07) is 0. The summed E-state index contributed by atoms with van der Waals surface area (Å²) in [5, 5.41) is 36.1. The van der Waals surface area contributed by atoms with Crippen LogP contribution in [0.1, 0.15) is 196 Å². The summed E-state index contributed by atoms with van der Waals surface area (Å²) in [7, 11) is 0. The van der Waals surface area contributed by atoms with Crippen LogP contribution in [0, 0.1) is 10.8 Å². The molecule has 0 saturated carbocycles. The Balaban J connectivity index is -0.000000342. The number of carboxylic acid groups (broad SMARTS) is 3. The second-order valence-corrected chi connectivity index (χ2v) is 24.3. The lowest BCUT2D eigenvalue weighted by Gasteiger charge is -2.33. The third kappa shape index (κ3) is 88.6. The normalized spacial score (nSPS) is 10.4. The molecule has 0 saturated heterocycles. The number of ether oxygens (including phenoxy) is 14. The highest BCUT2D eigenvalue weighted by Gasteiger charge is 2.36. The van der Waals surface area contributed by atoms with Gasteiger partial charge in [0.25, 0.3) is 6.47 Å². The summed E-state index contributed by atoms with van der Waals surface area (Å²) in [6.07, 6.45) is 12.0. The molecule has 0 atom stereocenters. The lowest BCUT2D eigenvalue weighted by Crippen LogP contribution is -2.53. The summed E-state index contributed by atoms with van der Waals surface area (Å²) < 4.78 is 74.8. The Morgan fingerprint density at radius 2 is 0.616 bits per heavy atom. The van der Waals surface area contributed by atoms with E-state index in [1.165, 1.54) is 0 Å². The Labute approximate surface area is 654 Å². The molecule has 0 heterocycles. The summed E-state index contributed by atoms with van der Waals surface area (Å²) in [6.45, 7) is 17.0. The molecule has 0 aliphatic heterocycles. The molecule has 0 unspecified atom stereocenters. The minimum atomic E-state index is -1.03. The SMILES string of the molecule is CCCCOCC(COCCC(=O)OCC)(COCCC(=O)OCC)CC(=O)CCCCCN=[N+]=[N-].CCCCOCC(N)(COCCC(=O)OCC)COCCC(=O)OCC.O=C=O.O=C=O.[N-]=[N+]=NCCCCCC(=O)CC(COCCOC=O)(COCCC(=O)O)COCCC(=O)O.[N-]=[N+]=NCCCCCC(=O)O. The summed E-state index contributed by atoms with van der Waals surface area (Å²) in [5.41, 5.74) is 28.3. The maximum Gasteiger partial charge on any atom is 0.373 e. The van der Waals surface area contributed by atoms with Crippen molar-refractivity contribution in [3.8, 4) is 0 Å². The Morgan fingerprint density at radius 1 is 0.357 bits per heavy atom. The van der Waals surface area contributed by atoms with Gasteiger partial charge in [-0.3, -0.25) is 47.9 Å². The zero-order chi connectivity index (χ0) is 85.3. The number of nitrogens with zero attached hydrogens (tertiary/aromatic N) is 9. The molecular formula is C71H124N10O31. The highest BCUT2D eigenvalue weighted by Crippen LogP contribution is 2.29. The quantitative estimate of drug-likeness (QED) is 0.00840. The smallest absolute Gasteiger partial charge is 0.373 e. The minimum Gasteiger partial charge on any atom is -0.481 e. The maximum atomic E-state index is 12.9. The Bertz CT molecular complexity index is 2560. The van der Waals surface area contributed by atoms with E-state index >= 15 is 0 Å². The van der Waals surface area contributed by atoms with Gasteiger partial charge < -0.3 is 87.4 Å². The molecule has 112 heavy (non-hydrogen) atoms. The Hall–Kier alpha value is -8.61. The van der Waals surface area contributed by atoms with E-state index in [0.29, 0.717) is 97.8 Å². The van der Waals surface area contributed by atoms with Crippen molar-refractivity contribution < 1.29 is 149 Å². The number of ketones is 2. The molecule has 0 aliphatic rings. The summed E-state index contributed by atoms with van der Waals surface area (Å²) in [5.74, 6) is -4.16. The number of carbonyl (C=O) groups excluding carboxylic acids is 11. The topological polar surface area (TPSA) is 601 Å². The predicted octanol–water partition coefficient (Wildman–Crippen LogP) is 8.75.